The van der Waals surface area contributed by atoms with E-state index in [2.05, 4.69) is 66.1 Å². The maximum absolute atomic E-state index is 3.56. The molecule has 18 heavy (non-hydrogen) atoms. The number of nitrogens with one attached hydrogen (secondary N) is 2. The van der Waals surface area contributed by atoms with E-state index in [1.807, 2.05) is 0 Å². The van der Waals surface area contributed by atoms with E-state index in [9.17, 15) is 0 Å². The van der Waals surface area contributed by atoms with Crippen LogP contribution in [0.1, 0.15) is 11.1 Å². The normalized spacial score (nSPS) is 17.1. The molecular formula is C16H18N2. The zero-order valence-electron chi connectivity index (χ0n) is 10.6. The van der Waals surface area contributed by atoms with Crippen LogP contribution in [0.15, 0.2) is 48.5 Å². The molecule has 3 rings (SSSR count). The number of benzene rings is 2. The quantitative estimate of drug-likeness (QED) is 0.856. The molecule has 0 amide bonds. The second-order valence-corrected chi connectivity index (χ2v) is 4.90. The summed E-state index contributed by atoms with van der Waals surface area (Å²) in [5, 5.41) is 7.09. The first-order chi connectivity index (χ1) is 8.83. The molecule has 1 atom stereocenters. The largest absolute Gasteiger partial charge is 0.383 e. The molecule has 92 valence electrons. The lowest BCUT2D eigenvalue weighted by Gasteiger charge is -2.15. The van der Waals surface area contributed by atoms with Crippen molar-refractivity contribution in [3.63, 3.8) is 0 Å². The van der Waals surface area contributed by atoms with Crippen molar-refractivity contribution in [1.82, 2.24) is 0 Å². The van der Waals surface area contributed by atoms with Crippen LogP contribution in [0.25, 0.3) is 0 Å². The Balaban J connectivity index is 1.62. The molecule has 0 saturated heterocycles. The topological polar surface area (TPSA) is 24.1 Å². The summed E-state index contributed by atoms with van der Waals surface area (Å²) < 4.78 is 0. The summed E-state index contributed by atoms with van der Waals surface area (Å²) in [4.78, 5) is 0. The molecule has 0 aliphatic carbocycles. The van der Waals surface area contributed by atoms with E-state index in [0.29, 0.717) is 6.04 Å². The molecule has 1 heterocycles. The Kier molecular flexibility index (Phi) is 2.93. The van der Waals surface area contributed by atoms with Gasteiger partial charge in [-0.15, -0.1) is 0 Å². The highest BCUT2D eigenvalue weighted by molar-refractivity contribution is 5.57. The first-order valence-electron chi connectivity index (χ1n) is 6.47. The number of hydrogen-bond acceptors (Lipinski definition) is 2. The van der Waals surface area contributed by atoms with Gasteiger partial charge in [-0.2, -0.15) is 0 Å². The third-order valence-corrected chi connectivity index (χ3v) is 3.53. The molecule has 2 aromatic carbocycles. The number of fused-ring (bicyclic) bond motifs is 1. The molecular weight excluding hydrogens is 220 g/mol. The van der Waals surface area contributed by atoms with Gasteiger partial charge in [-0.25, -0.2) is 0 Å². The average molecular weight is 238 g/mol. The molecule has 2 heteroatoms. The maximum Gasteiger partial charge on any atom is 0.0475 e. The minimum absolute atomic E-state index is 0.488. The predicted octanol–water partition coefficient (Wildman–Crippen LogP) is 3.44. The predicted molar refractivity (Wildman–Crippen MR) is 77.2 cm³/mol. The minimum Gasteiger partial charge on any atom is -0.383 e. The van der Waals surface area contributed by atoms with Crippen molar-refractivity contribution in [2.75, 3.05) is 17.2 Å². The van der Waals surface area contributed by atoms with Crippen molar-refractivity contribution in [3.8, 4) is 0 Å². The summed E-state index contributed by atoms with van der Waals surface area (Å²) in [7, 11) is 0. The first kappa shape index (κ1) is 11.1. The summed E-state index contributed by atoms with van der Waals surface area (Å²) in [6.45, 7) is 3.10. The number of aryl methyl sites for hydroxylation is 1. The van der Waals surface area contributed by atoms with E-state index in [-0.39, 0.29) is 0 Å². The van der Waals surface area contributed by atoms with Crippen molar-refractivity contribution in [1.29, 1.82) is 0 Å². The van der Waals surface area contributed by atoms with Crippen molar-refractivity contribution < 1.29 is 0 Å². The molecule has 2 nitrogen and oxygen atoms in total. The fourth-order valence-corrected chi connectivity index (χ4v) is 2.50. The molecule has 0 fully saturated rings. The van der Waals surface area contributed by atoms with Crippen LogP contribution in [0.2, 0.25) is 0 Å². The van der Waals surface area contributed by atoms with Crippen molar-refractivity contribution in [2.24, 2.45) is 0 Å². The van der Waals surface area contributed by atoms with Gasteiger partial charge in [-0.05, 0) is 36.6 Å². The standard InChI is InChI=1S/C16H18N2/c1-12-6-2-4-8-15(12)17-11-14-10-13-7-3-5-9-16(13)18-14/h2-9,14,17-18H,10-11H2,1H3/t14-/m0/s1. The number of anilines is 2. The highest BCUT2D eigenvalue weighted by Gasteiger charge is 2.19. The Hall–Kier alpha value is -1.96. The SMILES string of the molecule is Cc1ccccc1NC[C@@H]1Cc2ccccc2N1. The van der Waals surface area contributed by atoms with Gasteiger partial charge in [0.15, 0.2) is 0 Å². The van der Waals surface area contributed by atoms with Crippen molar-refractivity contribution in [3.05, 3.63) is 59.7 Å². The Morgan fingerprint density at radius 3 is 2.72 bits per heavy atom. The van der Waals surface area contributed by atoms with E-state index in [4.69, 9.17) is 0 Å². The number of hydrogen-bond donors (Lipinski definition) is 2. The number of para-hydroxylation sites is 2. The van der Waals surface area contributed by atoms with Gasteiger partial charge in [0.1, 0.15) is 0 Å². The zero-order chi connectivity index (χ0) is 12.4. The Morgan fingerprint density at radius 2 is 1.89 bits per heavy atom. The summed E-state index contributed by atoms with van der Waals surface area (Å²) in [5.74, 6) is 0. The Labute approximate surface area is 108 Å². The monoisotopic (exact) mass is 238 g/mol. The van der Waals surface area contributed by atoms with Crippen LogP contribution in [0.4, 0.5) is 11.4 Å². The summed E-state index contributed by atoms with van der Waals surface area (Å²) in [6, 6.07) is 17.5. The second-order valence-electron chi connectivity index (χ2n) is 4.90. The van der Waals surface area contributed by atoms with Crippen LogP contribution in [0, 0.1) is 6.92 Å². The van der Waals surface area contributed by atoms with E-state index >= 15 is 0 Å². The molecule has 2 aromatic rings. The molecule has 1 aliphatic heterocycles. The molecule has 0 bridgehead atoms. The van der Waals surface area contributed by atoms with Crippen LogP contribution in [0.3, 0.4) is 0 Å². The van der Waals surface area contributed by atoms with Crippen LogP contribution in [-0.4, -0.2) is 12.6 Å². The molecule has 0 aromatic heterocycles. The molecule has 2 N–H and O–H groups in total. The number of rotatable bonds is 3. The van der Waals surface area contributed by atoms with Gasteiger partial charge in [-0.1, -0.05) is 36.4 Å². The van der Waals surface area contributed by atoms with Gasteiger partial charge in [0, 0.05) is 24.0 Å². The highest BCUT2D eigenvalue weighted by Crippen LogP contribution is 2.25. The van der Waals surface area contributed by atoms with Crippen LogP contribution >= 0.6 is 0 Å². The van der Waals surface area contributed by atoms with Crippen LogP contribution < -0.4 is 10.6 Å². The van der Waals surface area contributed by atoms with E-state index in [1.54, 1.807) is 0 Å². The lowest BCUT2D eigenvalue weighted by molar-refractivity contribution is 0.786. The van der Waals surface area contributed by atoms with E-state index in [0.717, 1.165) is 13.0 Å². The molecule has 0 unspecified atom stereocenters. The van der Waals surface area contributed by atoms with Gasteiger partial charge < -0.3 is 10.6 Å². The zero-order valence-corrected chi connectivity index (χ0v) is 10.6. The van der Waals surface area contributed by atoms with Crippen LogP contribution in [-0.2, 0) is 6.42 Å². The summed E-state index contributed by atoms with van der Waals surface area (Å²) >= 11 is 0. The fourth-order valence-electron chi connectivity index (χ4n) is 2.50. The van der Waals surface area contributed by atoms with Gasteiger partial charge in [-0.3, -0.25) is 0 Å². The molecule has 0 radical (unpaired) electrons. The van der Waals surface area contributed by atoms with Gasteiger partial charge in [0.25, 0.3) is 0 Å². The summed E-state index contributed by atoms with van der Waals surface area (Å²) in [5.41, 5.74) is 5.24. The highest BCUT2D eigenvalue weighted by atomic mass is 15.0. The van der Waals surface area contributed by atoms with E-state index < -0.39 is 0 Å². The lowest BCUT2D eigenvalue weighted by atomic mass is 10.1. The average Bonchev–Trinajstić information content (AvgIpc) is 2.80. The van der Waals surface area contributed by atoms with Gasteiger partial charge in [0.05, 0.1) is 0 Å². The molecule has 0 spiro atoms. The first-order valence-corrected chi connectivity index (χ1v) is 6.47. The second kappa shape index (κ2) is 4.73. The summed E-state index contributed by atoms with van der Waals surface area (Å²) in [6.07, 6.45) is 1.11. The maximum atomic E-state index is 3.56. The fraction of sp³-hybridized carbons (Fsp3) is 0.250. The van der Waals surface area contributed by atoms with Crippen LogP contribution in [0.5, 0.6) is 0 Å². The third kappa shape index (κ3) is 2.19. The minimum atomic E-state index is 0.488. The van der Waals surface area contributed by atoms with Crippen molar-refractivity contribution >= 4 is 11.4 Å². The third-order valence-electron chi connectivity index (χ3n) is 3.53. The molecule has 0 saturated carbocycles. The Morgan fingerprint density at radius 1 is 1.11 bits per heavy atom. The Bertz CT molecular complexity index is 523. The smallest absolute Gasteiger partial charge is 0.0475 e. The van der Waals surface area contributed by atoms with Gasteiger partial charge >= 0.3 is 0 Å². The van der Waals surface area contributed by atoms with E-state index in [1.165, 1.54) is 22.5 Å². The van der Waals surface area contributed by atoms with Crippen molar-refractivity contribution in [2.45, 2.75) is 19.4 Å². The molecule has 1 aliphatic rings. The lowest BCUT2D eigenvalue weighted by Crippen LogP contribution is -2.25. The van der Waals surface area contributed by atoms with Gasteiger partial charge in [0.2, 0.25) is 0 Å².